The monoisotopic (exact) mass is 772 g/mol. The Morgan fingerprint density at radius 1 is 0.821 bits per heavy atom. The van der Waals surface area contributed by atoms with Gasteiger partial charge in [0.05, 0.1) is 17.2 Å². The summed E-state index contributed by atoms with van der Waals surface area (Å²) in [5, 5.41) is 0.999. The lowest BCUT2D eigenvalue weighted by molar-refractivity contribution is -0.642. The van der Waals surface area contributed by atoms with Crippen molar-refractivity contribution >= 4 is 74.0 Å². The van der Waals surface area contributed by atoms with E-state index in [4.69, 9.17) is 4.74 Å². The Labute approximate surface area is 334 Å². The summed E-state index contributed by atoms with van der Waals surface area (Å²) in [6.07, 6.45) is 9.76. The third-order valence-corrected chi connectivity index (χ3v) is 13.2. The largest absolute Gasteiger partial charge is 0.465 e. The van der Waals surface area contributed by atoms with Crippen molar-refractivity contribution in [3.8, 4) is 0 Å². The van der Waals surface area contributed by atoms with E-state index in [9.17, 15) is 9.59 Å². The maximum absolute atomic E-state index is 14.0. The molecule has 0 bridgehead atoms. The van der Waals surface area contributed by atoms with E-state index in [1.165, 1.54) is 51.4 Å². The molecule has 0 radical (unpaired) electrons. The summed E-state index contributed by atoms with van der Waals surface area (Å²) in [7, 11) is 2.03. The van der Waals surface area contributed by atoms with Gasteiger partial charge in [-0.15, -0.1) is 11.3 Å². The summed E-state index contributed by atoms with van der Waals surface area (Å²) in [5.74, 6) is 0.0115. The van der Waals surface area contributed by atoms with Gasteiger partial charge in [0, 0.05) is 29.4 Å². The van der Waals surface area contributed by atoms with Crippen molar-refractivity contribution in [2.24, 2.45) is 7.05 Å². The standard InChI is InChI=1S/C48H42N3O3S2/c1-3-54-47(52)31-50-46(30-45-49(2)42-18-10-11-20-43(42)55-45)56-44(48(50)53)29-33-23-26-41-39(28-33)37-17-12-19-40(37)51(41)36-24-21-32(22-25-36)27-38(34-13-6-4-7-14-34)35-15-8-5-9-16-35/h4-11,13-16,18,20-30,37,40H,3,12,17,19,31H2,1-2H3/q+1/b44-29+. The molecule has 278 valence electrons. The Morgan fingerprint density at radius 2 is 1.52 bits per heavy atom. The highest BCUT2D eigenvalue weighted by molar-refractivity contribution is 7.19. The molecular weight excluding hydrogens is 731 g/mol. The number of rotatable bonds is 9. The summed E-state index contributed by atoms with van der Waals surface area (Å²) in [5.41, 5.74) is 10.5. The minimum Gasteiger partial charge on any atom is -0.465 e. The van der Waals surface area contributed by atoms with E-state index in [0.29, 0.717) is 16.5 Å². The molecule has 7 aromatic rings. The minimum absolute atomic E-state index is 0.130. The highest BCUT2D eigenvalue weighted by atomic mass is 32.1. The first kappa shape index (κ1) is 35.8. The van der Waals surface area contributed by atoms with Gasteiger partial charge in [-0.05, 0) is 95.6 Å². The van der Waals surface area contributed by atoms with Crippen LogP contribution in [0, 0.1) is 0 Å². The van der Waals surface area contributed by atoms with E-state index < -0.39 is 5.97 Å². The fourth-order valence-corrected chi connectivity index (χ4v) is 10.6. The molecule has 0 spiro atoms. The van der Waals surface area contributed by atoms with Crippen molar-refractivity contribution in [3.05, 3.63) is 180 Å². The number of hydrogen-bond donors (Lipinski definition) is 0. The fourth-order valence-electron chi connectivity index (χ4n) is 8.40. The van der Waals surface area contributed by atoms with Gasteiger partial charge >= 0.3 is 5.97 Å². The van der Waals surface area contributed by atoms with Gasteiger partial charge in [-0.25, -0.2) is 0 Å². The molecular formula is C48H42N3O3S2+. The number of benzene rings is 5. The van der Waals surface area contributed by atoms with Gasteiger partial charge in [-0.1, -0.05) is 109 Å². The van der Waals surface area contributed by atoms with Crippen molar-refractivity contribution < 1.29 is 14.1 Å². The Balaban J connectivity index is 1.07. The molecule has 0 saturated heterocycles. The van der Waals surface area contributed by atoms with E-state index in [-0.39, 0.29) is 18.7 Å². The van der Waals surface area contributed by atoms with Crippen LogP contribution in [0.15, 0.2) is 132 Å². The van der Waals surface area contributed by atoms with Crippen molar-refractivity contribution in [1.82, 2.24) is 4.57 Å². The normalized spacial score (nSPS) is 16.6. The van der Waals surface area contributed by atoms with E-state index in [1.54, 1.807) is 22.8 Å². The molecule has 2 unspecified atom stereocenters. The molecule has 5 aromatic carbocycles. The summed E-state index contributed by atoms with van der Waals surface area (Å²) < 4.78 is 11.4. The number of nitrogens with zero attached hydrogens (tertiary/aromatic N) is 3. The quantitative estimate of drug-likeness (QED) is 0.0839. The lowest BCUT2D eigenvalue weighted by Crippen LogP contribution is -2.35. The van der Waals surface area contributed by atoms with Crippen LogP contribution in [0.2, 0.25) is 0 Å². The first-order valence-corrected chi connectivity index (χ1v) is 20.9. The first-order valence-electron chi connectivity index (χ1n) is 19.3. The molecule has 8 heteroatoms. The zero-order valence-corrected chi connectivity index (χ0v) is 33.1. The van der Waals surface area contributed by atoms with Gasteiger partial charge in [0.1, 0.15) is 23.0 Å². The molecule has 1 fully saturated rings. The van der Waals surface area contributed by atoms with Gasteiger partial charge in [-0.2, -0.15) is 4.57 Å². The number of esters is 1. The van der Waals surface area contributed by atoms with Crippen LogP contribution in [-0.4, -0.2) is 23.2 Å². The predicted molar refractivity (Wildman–Crippen MR) is 230 cm³/mol. The molecule has 2 aromatic heterocycles. The average Bonchev–Trinajstić information content (AvgIpc) is 3.98. The van der Waals surface area contributed by atoms with E-state index in [0.717, 1.165) is 43.9 Å². The fraction of sp³-hybridized carbons (Fsp3) is 0.188. The van der Waals surface area contributed by atoms with Crippen LogP contribution in [0.4, 0.5) is 11.4 Å². The maximum Gasteiger partial charge on any atom is 0.326 e. The molecule has 0 amide bonds. The van der Waals surface area contributed by atoms with Crippen molar-refractivity contribution in [2.75, 3.05) is 11.5 Å². The number of thiazole rings is 2. The summed E-state index contributed by atoms with van der Waals surface area (Å²) in [4.78, 5) is 29.2. The number of aromatic nitrogens is 2. The van der Waals surface area contributed by atoms with Crippen LogP contribution in [-0.2, 0) is 23.1 Å². The van der Waals surface area contributed by atoms with Crippen molar-refractivity contribution in [3.63, 3.8) is 0 Å². The number of carbonyl (C=O) groups excluding carboxylic acids is 1. The number of carbonyl (C=O) groups is 1. The zero-order chi connectivity index (χ0) is 38.2. The van der Waals surface area contributed by atoms with Gasteiger partial charge in [0.2, 0.25) is 5.52 Å². The van der Waals surface area contributed by atoms with Crippen molar-refractivity contribution in [2.45, 2.75) is 44.7 Å². The number of para-hydroxylation sites is 1. The molecule has 56 heavy (non-hydrogen) atoms. The molecule has 3 heterocycles. The molecule has 1 aliphatic heterocycles. The number of ether oxygens (including phenoxy) is 1. The Morgan fingerprint density at radius 3 is 2.23 bits per heavy atom. The second kappa shape index (κ2) is 15.4. The Bertz CT molecular complexity index is 2740. The van der Waals surface area contributed by atoms with Gasteiger partial charge in [0.15, 0.2) is 0 Å². The summed E-state index contributed by atoms with van der Waals surface area (Å²) in [6, 6.07) is 45.4. The Kier molecular flexibility index (Phi) is 9.84. The lowest BCUT2D eigenvalue weighted by Gasteiger charge is -2.27. The molecule has 2 atom stereocenters. The number of fused-ring (bicyclic) bond motifs is 4. The topological polar surface area (TPSA) is 55.4 Å². The lowest BCUT2D eigenvalue weighted by atomic mass is 9.95. The van der Waals surface area contributed by atoms with Crippen LogP contribution >= 0.6 is 22.7 Å². The average molecular weight is 773 g/mol. The SMILES string of the molecule is CCOC(=O)Cn1c(=O)/c(=C\c2ccc3c(c2)C2CCCC2N3c2ccc(C=C(c3ccccc3)c3ccccc3)cc2)s/c1=C\c1sc2ccccc2[n+]1C. The van der Waals surface area contributed by atoms with Gasteiger partial charge in [-0.3, -0.25) is 14.2 Å². The molecule has 1 aliphatic carbocycles. The van der Waals surface area contributed by atoms with Gasteiger partial charge in [0.25, 0.3) is 10.6 Å². The molecule has 6 nitrogen and oxygen atoms in total. The second-order valence-electron chi connectivity index (χ2n) is 14.4. The Hall–Kier alpha value is -5.83. The molecule has 9 rings (SSSR count). The maximum atomic E-state index is 14.0. The molecule has 2 aliphatic rings. The third-order valence-electron chi connectivity index (χ3n) is 11.0. The van der Waals surface area contributed by atoms with Crippen LogP contribution in [0.25, 0.3) is 34.0 Å². The van der Waals surface area contributed by atoms with Gasteiger partial charge < -0.3 is 9.64 Å². The molecule has 0 N–H and O–H groups in total. The van der Waals surface area contributed by atoms with Crippen LogP contribution in [0.1, 0.15) is 64.9 Å². The smallest absolute Gasteiger partial charge is 0.326 e. The first-order chi connectivity index (χ1) is 27.4. The van der Waals surface area contributed by atoms with E-state index >= 15 is 0 Å². The predicted octanol–water partition coefficient (Wildman–Crippen LogP) is 8.55. The molecule has 1 saturated carbocycles. The summed E-state index contributed by atoms with van der Waals surface area (Å²) in [6.45, 7) is 1.91. The van der Waals surface area contributed by atoms with Crippen LogP contribution in [0.3, 0.4) is 0 Å². The minimum atomic E-state index is -0.420. The highest BCUT2D eigenvalue weighted by Gasteiger charge is 2.42. The van der Waals surface area contributed by atoms with E-state index in [1.807, 2.05) is 31.3 Å². The van der Waals surface area contributed by atoms with E-state index in [2.05, 4.69) is 131 Å². The second-order valence-corrected chi connectivity index (χ2v) is 16.6. The highest BCUT2D eigenvalue weighted by Crippen LogP contribution is 2.52. The van der Waals surface area contributed by atoms with Crippen LogP contribution < -0.4 is 24.2 Å². The third kappa shape index (κ3) is 6.84. The van der Waals surface area contributed by atoms with Crippen molar-refractivity contribution in [1.29, 1.82) is 0 Å². The summed E-state index contributed by atoms with van der Waals surface area (Å²) >= 11 is 3.08. The number of aryl methyl sites for hydroxylation is 1. The number of anilines is 2. The number of hydrogen-bond acceptors (Lipinski definition) is 6. The zero-order valence-electron chi connectivity index (χ0n) is 31.4. The van der Waals surface area contributed by atoms with Crippen LogP contribution in [0.5, 0.6) is 0 Å².